The van der Waals surface area contributed by atoms with Crippen molar-refractivity contribution in [2.24, 2.45) is 5.92 Å². The van der Waals surface area contributed by atoms with Crippen molar-refractivity contribution in [3.05, 3.63) is 0 Å². The summed E-state index contributed by atoms with van der Waals surface area (Å²) < 4.78 is 0. The summed E-state index contributed by atoms with van der Waals surface area (Å²) in [7, 11) is 0. The summed E-state index contributed by atoms with van der Waals surface area (Å²) in [6.07, 6.45) is 6.88. The van der Waals surface area contributed by atoms with Crippen molar-refractivity contribution in [3.63, 3.8) is 0 Å². The van der Waals surface area contributed by atoms with Crippen LogP contribution in [0.2, 0.25) is 0 Å². The molecule has 0 spiro atoms. The van der Waals surface area contributed by atoms with Gasteiger partial charge in [-0.05, 0) is 31.6 Å². The van der Waals surface area contributed by atoms with E-state index in [1.54, 1.807) is 0 Å². The zero-order chi connectivity index (χ0) is 8.32. The Kier molecular flexibility index (Phi) is 2.94. The van der Waals surface area contributed by atoms with Gasteiger partial charge < -0.3 is 5.11 Å². The maximum absolute atomic E-state index is 10.0. The number of hydrogen-bond donors (Lipinski definition) is 1. The molecule has 66 valence electrons. The van der Waals surface area contributed by atoms with Gasteiger partial charge in [-0.1, -0.05) is 26.7 Å². The van der Waals surface area contributed by atoms with E-state index in [0.717, 1.165) is 19.3 Å². The number of aliphatic hydroxyl groups is 1. The molecule has 1 aliphatic rings. The van der Waals surface area contributed by atoms with Gasteiger partial charge in [0.15, 0.2) is 0 Å². The van der Waals surface area contributed by atoms with Crippen LogP contribution in [-0.2, 0) is 0 Å². The second-order valence-corrected chi connectivity index (χ2v) is 3.85. The molecule has 0 bridgehead atoms. The fraction of sp³-hybridized carbons (Fsp3) is 1.00. The Morgan fingerprint density at radius 2 is 2.00 bits per heavy atom. The van der Waals surface area contributed by atoms with Crippen LogP contribution in [0.4, 0.5) is 0 Å². The Bertz CT molecular complexity index is 116. The molecular weight excluding hydrogens is 136 g/mol. The highest BCUT2D eigenvalue weighted by Crippen LogP contribution is 2.41. The average molecular weight is 156 g/mol. The molecule has 1 rings (SSSR count). The first-order valence-corrected chi connectivity index (χ1v) is 4.95. The van der Waals surface area contributed by atoms with E-state index >= 15 is 0 Å². The average Bonchev–Trinajstić information content (AvgIpc) is 1.96. The van der Waals surface area contributed by atoms with Gasteiger partial charge in [0.1, 0.15) is 0 Å². The largest absolute Gasteiger partial charge is 0.390 e. The third-order valence-electron chi connectivity index (χ3n) is 3.11. The van der Waals surface area contributed by atoms with Gasteiger partial charge >= 0.3 is 0 Å². The molecule has 1 atom stereocenters. The smallest absolute Gasteiger partial charge is 0.0675 e. The van der Waals surface area contributed by atoms with E-state index in [0.29, 0.717) is 5.92 Å². The minimum atomic E-state index is -0.259. The Morgan fingerprint density at radius 3 is 2.27 bits per heavy atom. The lowest BCUT2D eigenvalue weighted by atomic mass is 9.69. The summed E-state index contributed by atoms with van der Waals surface area (Å²) in [4.78, 5) is 0. The molecule has 0 radical (unpaired) electrons. The van der Waals surface area contributed by atoms with E-state index in [4.69, 9.17) is 0 Å². The van der Waals surface area contributed by atoms with Crippen LogP contribution in [0, 0.1) is 5.92 Å². The lowest BCUT2D eigenvalue weighted by molar-refractivity contribution is -0.0873. The molecule has 11 heavy (non-hydrogen) atoms. The van der Waals surface area contributed by atoms with Crippen LogP contribution < -0.4 is 0 Å². The molecule has 1 fully saturated rings. The first-order valence-electron chi connectivity index (χ1n) is 4.95. The van der Waals surface area contributed by atoms with E-state index in [1.807, 2.05) is 0 Å². The lowest BCUT2D eigenvalue weighted by Gasteiger charge is -2.43. The van der Waals surface area contributed by atoms with Crippen LogP contribution in [-0.4, -0.2) is 10.7 Å². The van der Waals surface area contributed by atoms with Crippen LogP contribution in [0.15, 0.2) is 0 Å². The zero-order valence-electron chi connectivity index (χ0n) is 7.77. The third-order valence-corrected chi connectivity index (χ3v) is 3.11. The summed E-state index contributed by atoms with van der Waals surface area (Å²) in [6, 6.07) is 0. The first-order chi connectivity index (χ1) is 5.23. The lowest BCUT2D eigenvalue weighted by Crippen LogP contribution is -2.44. The molecule has 1 unspecified atom stereocenters. The Balaban J connectivity index is 2.39. The van der Waals surface area contributed by atoms with Gasteiger partial charge in [0.2, 0.25) is 0 Å². The van der Waals surface area contributed by atoms with Gasteiger partial charge in [0.25, 0.3) is 0 Å². The van der Waals surface area contributed by atoms with Gasteiger partial charge in [0, 0.05) is 0 Å². The minimum absolute atomic E-state index is 0.259. The van der Waals surface area contributed by atoms with E-state index in [9.17, 15) is 5.11 Å². The molecule has 0 saturated heterocycles. The minimum Gasteiger partial charge on any atom is -0.390 e. The molecule has 1 nitrogen and oxygen atoms in total. The van der Waals surface area contributed by atoms with Crippen molar-refractivity contribution in [1.29, 1.82) is 0 Å². The summed E-state index contributed by atoms with van der Waals surface area (Å²) in [5, 5.41) is 10.0. The van der Waals surface area contributed by atoms with Crippen molar-refractivity contribution in [2.75, 3.05) is 0 Å². The van der Waals surface area contributed by atoms with E-state index in [-0.39, 0.29) is 5.60 Å². The molecule has 1 heteroatoms. The second kappa shape index (κ2) is 3.57. The van der Waals surface area contributed by atoms with E-state index < -0.39 is 0 Å². The van der Waals surface area contributed by atoms with Gasteiger partial charge in [-0.3, -0.25) is 0 Å². The SMILES string of the molecule is CCCC(CC)C1(O)CCC1. The van der Waals surface area contributed by atoms with Crippen LogP contribution in [0.3, 0.4) is 0 Å². The molecule has 0 aliphatic heterocycles. The predicted molar refractivity (Wildman–Crippen MR) is 47.5 cm³/mol. The van der Waals surface area contributed by atoms with Gasteiger partial charge in [-0.25, -0.2) is 0 Å². The summed E-state index contributed by atoms with van der Waals surface area (Å²) >= 11 is 0. The first kappa shape index (κ1) is 9.05. The van der Waals surface area contributed by atoms with E-state index in [1.165, 1.54) is 19.3 Å². The quantitative estimate of drug-likeness (QED) is 0.663. The van der Waals surface area contributed by atoms with Crippen LogP contribution >= 0.6 is 0 Å². The molecule has 1 saturated carbocycles. The van der Waals surface area contributed by atoms with Crippen molar-refractivity contribution >= 4 is 0 Å². The van der Waals surface area contributed by atoms with Crippen molar-refractivity contribution < 1.29 is 5.11 Å². The Labute approximate surface area is 69.8 Å². The molecule has 0 aromatic rings. The monoisotopic (exact) mass is 156 g/mol. The molecule has 0 aromatic carbocycles. The van der Waals surface area contributed by atoms with Gasteiger partial charge in [0.05, 0.1) is 5.60 Å². The summed E-state index contributed by atoms with van der Waals surface area (Å²) in [5.74, 6) is 0.571. The van der Waals surface area contributed by atoms with Gasteiger partial charge in [-0.15, -0.1) is 0 Å². The van der Waals surface area contributed by atoms with E-state index in [2.05, 4.69) is 13.8 Å². The molecular formula is C10H20O. The van der Waals surface area contributed by atoms with Crippen LogP contribution in [0.25, 0.3) is 0 Å². The normalized spacial score (nSPS) is 24.3. The highest BCUT2D eigenvalue weighted by atomic mass is 16.3. The molecule has 1 aliphatic carbocycles. The highest BCUT2D eigenvalue weighted by molar-refractivity contribution is 4.92. The summed E-state index contributed by atoms with van der Waals surface area (Å²) in [5.41, 5.74) is -0.259. The van der Waals surface area contributed by atoms with Gasteiger partial charge in [-0.2, -0.15) is 0 Å². The third kappa shape index (κ3) is 1.76. The fourth-order valence-corrected chi connectivity index (χ4v) is 2.15. The molecule has 0 aromatic heterocycles. The van der Waals surface area contributed by atoms with Crippen LogP contribution in [0.5, 0.6) is 0 Å². The standard InChI is InChI=1S/C10H20O/c1-3-6-9(4-2)10(11)7-5-8-10/h9,11H,3-8H2,1-2H3. The maximum atomic E-state index is 10.0. The topological polar surface area (TPSA) is 20.2 Å². The molecule has 0 amide bonds. The predicted octanol–water partition coefficient (Wildman–Crippen LogP) is 2.73. The highest BCUT2D eigenvalue weighted by Gasteiger charge is 2.40. The van der Waals surface area contributed by atoms with Crippen molar-refractivity contribution in [1.82, 2.24) is 0 Å². The van der Waals surface area contributed by atoms with Crippen LogP contribution in [0.1, 0.15) is 52.4 Å². The molecule has 1 N–H and O–H groups in total. The Hall–Kier alpha value is -0.0400. The van der Waals surface area contributed by atoms with Crippen molar-refractivity contribution in [3.8, 4) is 0 Å². The fourth-order valence-electron chi connectivity index (χ4n) is 2.15. The maximum Gasteiger partial charge on any atom is 0.0675 e. The number of hydrogen-bond acceptors (Lipinski definition) is 1. The summed E-state index contributed by atoms with van der Waals surface area (Å²) in [6.45, 7) is 4.39. The molecule has 0 heterocycles. The Morgan fingerprint density at radius 1 is 1.36 bits per heavy atom. The van der Waals surface area contributed by atoms with Crippen molar-refractivity contribution in [2.45, 2.75) is 58.0 Å². The zero-order valence-corrected chi connectivity index (χ0v) is 7.77. The second-order valence-electron chi connectivity index (χ2n) is 3.85. The number of rotatable bonds is 4.